The van der Waals surface area contributed by atoms with Gasteiger partial charge in [-0.3, -0.25) is 4.79 Å². The lowest BCUT2D eigenvalue weighted by Gasteiger charge is -1.98. The van der Waals surface area contributed by atoms with Gasteiger partial charge in [0, 0.05) is 28.0 Å². The molecule has 17 heavy (non-hydrogen) atoms. The van der Waals surface area contributed by atoms with Crippen molar-refractivity contribution >= 4 is 21.8 Å². The first-order chi connectivity index (χ1) is 8.20. The number of nitrogens with one attached hydrogen (secondary N) is 2. The Kier molecular flexibility index (Phi) is 2.04. The van der Waals surface area contributed by atoms with Crippen molar-refractivity contribution in [1.82, 2.24) is 9.97 Å². The molecule has 0 radical (unpaired) electrons. The highest BCUT2D eigenvalue weighted by atomic mass is 19.1. The first-order valence-electron chi connectivity index (χ1n) is 5.53. The molecule has 0 unspecified atom stereocenters. The van der Waals surface area contributed by atoms with Crippen LogP contribution in [0.3, 0.4) is 0 Å². The first kappa shape index (κ1) is 10.1. The maximum absolute atomic E-state index is 13.8. The van der Waals surface area contributed by atoms with E-state index in [1.54, 1.807) is 6.07 Å². The minimum Gasteiger partial charge on any atom is -0.353 e. The van der Waals surface area contributed by atoms with Gasteiger partial charge in [-0.05, 0) is 18.6 Å². The zero-order chi connectivity index (χ0) is 12.0. The molecule has 0 fully saturated rings. The molecule has 0 amide bonds. The number of rotatable bonds is 1. The minimum atomic E-state index is -0.304. The predicted molar refractivity (Wildman–Crippen MR) is 65.8 cm³/mol. The number of hydrogen-bond donors (Lipinski definition) is 2. The third kappa shape index (κ3) is 1.37. The highest BCUT2D eigenvalue weighted by Gasteiger charge is 2.11. The molecule has 0 spiro atoms. The normalized spacial score (nSPS) is 11.4. The molecule has 4 heteroatoms. The molecular formula is C13H11FN2O. The summed E-state index contributed by atoms with van der Waals surface area (Å²) < 4.78 is 13.8. The molecule has 0 bridgehead atoms. The third-order valence-corrected chi connectivity index (χ3v) is 3.02. The Morgan fingerprint density at radius 3 is 2.88 bits per heavy atom. The van der Waals surface area contributed by atoms with Crippen molar-refractivity contribution in [3.63, 3.8) is 0 Å². The van der Waals surface area contributed by atoms with Crippen LogP contribution in [0.4, 0.5) is 4.39 Å². The van der Waals surface area contributed by atoms with E-state index in [-0.39, 0.29) is 11.4 Å². The van der Waals surface area contributed by atoms with Crippen molar-refractivity contribution in [3.05, 3.63) is 46.1 Å². The van der Waals surface area contributed by atoms with Crippen LogP contribution in [0.2, 0.25) is 0 Å². The molecule has 0 aliphatic carbocycles. The van der Waals surface area contributed by atoms with Crippen LogP contribution in [0.15, 0.2) is 29.1 Å². The van der Waals surface area contributed by atoms with Crippen molar-refractivity contribution < 1.29 is 4.39 Å². The molecule has 0 saturated carbocycles. The fourth-order valence-electron chi connectivity index (χ4n) is 2.25. The summed E-state index contributed by atoms with van der Waals surface area (Å²) in [5, 5.41) is 1.14. The summed E-state index contributed by atoms with van der Waals surface area (Å²) in [6.45, 7) is 1.95. The van der Waals surface area contributed by atoms with Gasteiger partial charge in [0.1, 0.15) is 5.82 Å². The van der Waals surface area contributed by atoms with Crippen LogP contribution in [0.1, 0.15) is 12.6 Å². The van der Waals surface area contributed by atoms with Crippen LogP contribution in [-0.2, 0) is 6.42 Å². The van der Waals surface area contributed by atoms with Crippen molar-refractivity contribution in [3.8, 4) is 0 Å². The number of aromatic nitrogens is 2. The molecule has 2 aromatic heterocycles. The number of benzene rings is 1. The minimum absolute atomic E-state index is 0.196. The number of aryl methyl sites for hydroxylation is 1. The third-order valence-electron chi connectivity index (χ3n) is 3.02. The first-order valence-corrected chi connectivity index (χ1v) is 5.53. The van der Waals surface area contributed by atoms with Crippen molar-refractivity contribution in [2.24, 2.45) is 0 Å². The SMILES string of the molecule is CCc1[nH]c(=O)cc2c1[nH]c1cccc(F)c12. The van der Waals surface area contributed by atoms with E-state index in [2.05, 4.69) is 9.97 Å². The summed E-state index contributed by atoms with van der Waals surface area (Å²) in [5.41, 5.74) is 2.14. The second kappa shape index (κ2) is 3.45. The quantitative estimate of drug-likeness (QED) is 0.663. The topological polar surface area (TPSA) is 48.6 Å². The monoisotopic (exact) mass is 230 g/mol. The van der Waals surface area contributed by atoms with E-state index in [4.69, 9.17) is 0 Å². The second-order valence-corrected chi connectivity index (χ2v) is 4.04. The van der Waals surface area contributed by atoms with E-state index >= 15 is 0 Å². The van der Waals surface area contributed by atoms with Gasteiger partial charge in [0.05, 0.1) is 5.52 Å². The van der Waals surface area contributed by atoms with E-state index in [0.717, 1.165) is 11.2 Å². The van der Waals surface area contributed by atoms with Crippen LogP contribution >= 0.6 is 0 Å². The second-order valence-electron chi connectivity index (χ2n) is 4.04. The largest absolute Gasteiger partial charge is 0.353 e. The van der Waals surface area contributed by atoms with E-state index in [1.807, 2.05) is 13.0 Å². The summed E-state index contributed by atoms with van der Waals surface area (Å²) in [7, 11) is 0. The Morgan fingerprint density at radius 2 is 2.12 bits per heavy atom. The Bertz CT molecular complexity index is 770. The molecule has 86 valence electrons. The fourth-order valence-corrected chi connectivity index (χ4v) is 2.25. The summed E-state index contributed by atoms with van der Waals surface area (Å²) in [6.07, 6.45) is 0.695. The smallest absolute Gasteiger partial charge is 0.248 e. The zero-order valence-corrected chi connectivity index (χ0v) is 9.30. The van der Waals surface area contributed by atoms with Crippen LogP contribution in [0, 0.1) is 5.82 Å². The molecule has 3 aromatic rings. The molecule has 0 aliphatic heterocycles. The van der Waals surface area contributed by atoms with E-state index in [0.29, 0.717) is 22.7 Å². The predicted octanol–water partition coefficient (Wildman–Crippen LogP) is 2.71. The van der Waals surface area contributed by atoms with Crippen LogP contribution < -0.4 is 5.56 Å². The van der Waals surface area contributed by atoms with Crippen LogP contribution in [0.25, 0.3) is 21.8 Å². The lowest BCUT2D eigenvalue weighted by molar-refractivity contribution is 0.640. The molecule has 0 saturated heterocycles. The zero-order valence-electron chi connectivity index (χ0n) is 9.30. The van der Waals surface area contributed by atoms with Crippen molar-refractivity contribution in [2.75, 3.05) is 0 Å². The number of aromatic amines is 2. The van der Waals surface area contributed by atoms with Gasteiger partial charge in [-0.2, -0.15) is 0 Å². The average Bonchev–Trinajstić information content (AvgIpc) is 2.67. The Hall–Kier alpha value is -2.10. The summed E-state index contributed by atoms with van der Waals surface area (Å²) in [6, 6.07) is 6.31. The Labute approximate surface area is 96.3 Å². The highest BCUT2D eigenvalue weighted by Crippen LogP contribution is 2.27. The van der Waals surface area contributed by atoms with E-state index in [9.17, 15) is 9.18 Å². The lowest BCUT2D eigenvalue weighted by atomic mass is 10.1. The lowest BCUT2D eigenvalue weighted by Crippen LogP contribution is -2.06. The van der Waals surface area contributed by atoms with E-state index in [1.165, 1.54) is 12.1 Å². The van der Waals surface area contributed by atoms with Gasteiger partial charge in [-0.1, -0.05) is 13.0 Å². The summed E-state index contributed by atoms with van der Waals surface area (Å²) >= 11 is 0. The molecule has 2 N–H and O–H groups in total. The number of fused-ring (bicyclic) bond motifs is 3. The molecule has 3 nitrogen and oxygen atoms in total. The molecule has 1 aromatic carbocycles. The van der Waals surface area contributed by atoms with Gasteiger partial charge < -0.3 is 9.97 Å². The van der Waals surface area contributed by atoms with Gasteiger partial charge in [-0.25, -0.2) is 4.39 Å². The maximum atomic E-state index is 13.8. The number of halogens is 1. The van der Waals surface area contributed by atoms with Gasteiger partial charge in [-0.15, -0.1) is 0 Å². The number of pyridine rings is 1. The number of H-pyrrole nitrogens is 2. The highest BCUT2D eigenvalue weighted by molar-refractivity contribution is 6.08. The van der Waals surface area contributed by atoms with Gasteiger partial charge in [0.15, 0.2) is 0 Å². The fraction of sp³-hybridized carbons (Fsp3) is 0.154. The summed E-state index contributed by atoms with van der Waals surface area (Å²) in [5.74, 6) is -0.304. The molecule has 0 aliphatic rings. The Morgan fingerprint density at radius 1 is 1.29 bits per heavy atom. The van der Waals surface area contributed by atoms with Crippen molar-refractivity contribution in [1.29, 1.82) is 0 Å². The Balaban J connectivity index is 2.62. The number of hydrogen-bond acceptors (Lipinski definition) is 1. The maximum Gasteiger partial charge on any atom is 0.248 e. The van der Waals surface area contributed by atoms with Gasteiger partial charge in [0.25, 0.3) is 0 Å². The van der Waals surface area contributed by atoms with E-state index < -0.39 is 0 Å². The van der Waals surface area contributed by atoms with Gasteiger partial charge in [0.2, 0.25) is 5.56 Å². The van der Waals surface area contributed by atoms with Gasteiger partial charge >= 0.3 is 0 Å². The summed E-state index contributed by atoms with van der Waals surface area (Å²) in [4.78, 5) is 17.5. The molecule has 3 rings (SSSR count). The molecule has 2 heterocycles. The molecule has 0 atom stereocenters. The standard InChI is InChI=1S/C13H11FN2O/c1-2-9-13-7(6-11(17)15-9)12-8(14)4-3-5-10(12)16-13/h3-6,16H,2H2,1H3,(H,15,17). The van der Waals surface area contributed by atoms with Crippen LogP contribution in [0.5, 0.6) is 0 Å². The average molecular weight is 230 g/mol. The van der Waals surface area contributed by atoms with Crippen molar-refractivity contribution in [2.45, 2.75) is 13.3 Å². The molecular weight excluding hydrogens is 219 g/mol. The van der Waals surface area contributed by atoms with Crippen LogP contribution in [-0.4, -0.2) is 9.97 Å².